The van der Waals surface area contributed by atoms with Crippen LogP contribution < -0.4 is 5.32 Å². The molecule has 142 valence electrons. The molecule has 0 bridgehead atoms. The first kappa shape index (κ1) is 19.6. The second kappa shape index (κ2) is 9.68. The first-order valence-corrected chi connectivity index (χ1v) is 11.5. The van der Waals surface area contributed by atoms with Crippen LogP contribution in [0.25, 0.3) is 0 Å². The molecule has 3 heterocycles. The van der Waals surface area contributed by atoms with Crippen LogP contribution in [0.5, 0.6) is 0 Å². The highest BCUT2D eigenvalue weighted by Gasteiger charge is 2.21. The predicted octanol–water partition coefficient (Wildman–Crippen LogP) is 3.10. The number of anilines is 1. The van der Waals surface area contributed by atoms with Crippen LogP contribution in [0.3, 0.4) is 0 Å². The van der Waals surface area contributed by atoms with Crippen molar-refractivity contribution in [2.24, 2.45) is 5.92 Å². The van der Waals surface area contributed by atoms with Gasteiger partial charge in [-0.05, 0) is 17.4 Å². The second-order valence-corrected chi connectivity index (χ2v) is 9.91. The highest BCUT2D eigenvalue weighted by molar-refractivity contribution is 8.01. The molecule has 3 rings (SSSR count). The van der Waals surface area contributed by atoms with Crippen LogP contribution in [0.15, 0.2) is 21.9 Å². The fraction of sp³-hybridized carbons (Fsp3) is 0.588. The maximum absolute atomic E-state index is 12.4. The van der Waals surface area contributed by atoms with E-state index in [9.17, 15) is 4.79 Å². The zero-order valence-electron chi connectivity index (χ0n) is 15.2. The molecule has 2 aromatic rings. The van der Waals surface area contributed by atoms with Gasteiger partial charge in [-0.25, -0.2) is 0 Å². The standard InChI is InChI=1S/C17H25N5OS3/c1-13(2)10-18-16-19-20-17(26-16)25-12-15(23)22-7-5-21(6-8-22)11-14-4-3-9-24-14/h3-4,9,13H,5-8,10-12H2,1-2H3,(H,18,19). The van der Waals surface area contributed by atoms with E-state index < -0.39 is 0 Å². The Morgan fingerprint density at radius 1 is 1.31 bits per heavy atom. The zero-order valence-corrected chi connectivity index (χ0v) is 17.6. The van der Waals surface area contributed by atoms with Crippen molar-refractivity contribution in [3.05, 3.63) is 22.4 Å². The Kier molecular flexibility index (Phi) is 7.30. The fourth-order valence-electron chi connectivity index (χ4n) is 2.62. The van der Waals surface area contributed by atoms with Crippen molar-refractivity contribution >= 4 is 45.5 Å². The number of rotatable bonds is 8. The first-order valence-electron chi connectivity index (χ1n) is 8.83. The average Bonchev–Trinajstić information content (AvgIpc) is 3.30. The van der Waals surface area contributed by atoms with Crippen LogP contribution in [0.4, 0.5) is 5.13 Å². The largest absolute Gasteiger partial charge is 0.360 e. The van der Waals surface area contributed by atoms with Crippen LogP contribution in [0.1, 0.15) is 18.7 Å². The number of carbonyl (C=O) groups is 1. The van der Waals surface area contributed by atoms with E-state index in [0.717, 1.165) is 48.7 Å². The molecular weight excluding hydrogens is 386 g/mol. The van der Waals surface area contributed by atoms with E-state index in [1.165, 1.54) is 28.0 Å². The molecule has 0 aliphatic carbocycles. The maximum atomic E-state index is 12.4. The lowest BCUT2D eigenvalue weighted by Gasteiger charge is -2.34. The third kappa shape index (κ3) is 5.94. The van der Waals surface area contributed by atoms with Crippen LogP contribution in [-0.2, 0) is 11.3 Å². The number of hydrogen-bond acceptors (Lipinski definition) is 8. The van der Waals surface area contributed by atoms with E-state index in [1.807, 2.05) is 4.90 Å². The minimum Gasteiger partial charge on any atom is -0.360 e. The molecule has 9 heteroatoms. The quantitative estimate of drug-likeness (QED) is 0.674. The smallest absolute Gasteiger partial charge is 0.233 e. The van der Waals surface area contributed by atoms with Crippen LogP contribution >= 0.6 is 34.4 Å². The number of thioether (sulfide) groups is 1. The Labute approximate surface area is 167 Å². The fourth-order valence-corrected chi connectivity index (χ4v) is 5.03. The van der Waals surface area contributed by atoms with Gasteiger partial charge in [-0.3, -0.25) is 9.69 Å². The summed E-state index contributed by atoms with van der Waals surface area (Å²) in [6.45, 7) is 9.68. The van der Waals surface area contributed by atoms with Crippen LogP contribution in [0.2, 0.25) is 0 Å². The molecule has 0 spiro atoms. The highest BCUT2D eigenvalue weighted by atomic mass is 32.2. The van der Waals surface area contributed by atoms with Crippen LogP contribution in [-0.4, -0.2) is 64.4 Å². The molecule has 1 saturated heterocycles. The van der Waals surface area contributed by atoms with Gasteiger partial charge in [0.2, 0.25) is 11.0 Å². The third-order valence-electron chi connectivity index (χ3n) is 4.07. The minimum atomic E-state index is 0.192. The molecule has 0 aromatic carbocycles. The molecule has 1 aliphatic rings. The van der Waals surface area contributed by atoms with Crippen molar-refractivity contribution < 1.29 is 4.79 Å². The van der Waals surface area contributed by atoms with Gasteiger partial charge in [0.15, 0.2) is 4.34 Å². The van der Waals surface area contributed by atoms with E-state index in [-0.39, 0.29) is 5.91 Å². The molecule has 1 amide bonds. The molecular formula is C17H25N5OS3. The summed E-state index contributed by atoms with van der Waals surface area (Å²) >= 11 is 4.80. The Morgan fingerprint density at radius 2 is 2.12 bits per heavy atom. The average molecular weight is 412 g/mol. The highest BCUT2D eigenvalue weighted by Crippen LogP contribution is 2.26. The molecule has 1 fully saturated rings. The number of thiophene rings is 1. The Balaban J connectivity index is 1.38. The molecule has 1 aliphatic heterocycles. The van der Waals surface area contributed by atoms with E-state index in [4.69, 9.17) is 0 Å². The number of nitrogens with one attached hydrogen (secondary N) is 1. The minimum absolute atomic E-state index is 0.192. The summed E-state index contributed by atoms with van der Waals surface area (Å²) in [6, 6.07) is 4.26. The summed E-state index contributed by atoms with van der Waals surface area (Å²) in [5.41, 5.74) is 0. The van der Waals surface area contributed by atoms with E-state index in [2.05, 4.69) is 51.8 Å². The molecule has 2 aromatic heterocycles. The molecule has 0 radical (unpaired) electrons. The monoisotopic (exact) mass is 411 g/mol. The van der Waals surface area contributed by atoms with Gasteiger partial charge >= 0.3 is 0 Å². The zero-order chi connectivity index (χ0) is 18.4. The molecule has 26 heavy (non-hydrogen) atoms. The summed E-state index contributed by atoms with van der Waals surface area (Å²) in [7, 11) is 0. The molecule has 0 atom stereocenters. The van der Waals surface area contributed by atoms with Gasteiger partial charge in [-0.1, -0.05) is 43.0 Å². The van der Waals surface area contributed by atoms with Crippen molar-refractivity contribution in [3.8, 4) is 0 Å². The predicted molar refractivity (Wildman–Crippen MR) is 110 cm³/mol. The maximum Gasteiger partial charge on any atom is 0.233 e. The van der Waals surface area contributed by atoms with Gasteiger partial charge in [-0.2, -0.15) is 0 Å². The number of hydrogen-bond donors (Lipinski definition) is 1. The van der Waals surface area contributed by atoms with Gasteiger partial charge in [0.05, 0.1) is 5.75 Å². The summed E-state index contributed by atoms with van der Waals surface area (Å²) in [5, 5.41) is 14.5. The summed E-state index contributed by atoms with van der Waals surface area (Å²) in [6.07, 6.45) is 0. The molecule has 1 N–H and O–H groups in total. The first-order chi connectivity index (χ1) is 12.6. The topological polar surface area (TPSA) is 61.4 Å². The van der Waals surface area contributed by atoms with Crippen molar-refractivity contribution in [2.75, 3.05) is 43.8 Å². The van der Waals surface area contributed by atoms with Crippen molar-refractivity contribution in [1.29, 1.82) is 0 Å². The van der Waals surface area contributed by atoms with Crippen molar-refractivity contribution in [1.82, 2.24) is 20.0 Å². The Hall–Kier alpha value is -1.16. The van der Waals surface area contributed by atoms with E-state index in [0.29, 0.717) is 11.7 Å². The normalized spacial score (nSPS) is 15.6. The molecule has 6 nitrogen and oxygen atoms in total. The number of piperazine rings is 1. The van der Waals surface area contributed by atoms with Gasteiger partial charge < -0.3 is 10.2 Å². The number of nitrogens with zero attached hydrogens (tertiary/aromatic N) is 4. The lowest BCUT2D eigenvalue weighted by atomic mass is 10.2. The van der Waals surface area contributed by atoms with Gasteiger partial charge in [0.25, 0.3) is 0 Å². The van der Waals surface area contributed by atoms with Crippen molar-refractivity contribution in [2.45, 2.75) is 24.7 Å². The van der Waals surface area contributed by atoms with Crippen molar-refractivity contribution in [3.63, 3.8) is 0 Å². The number of carbonyl (C=O) groups excluding carboxylic acids is 1. The number of aromatic nitrogens is 2. The molecule has 0 unspecified atom stereocenters. The number of amides is 1. The summed E-state index contributed by atoms with van der Waals surface area (Å²) < 4.78 is 0.848. The summed E-state index contributed by atoms with van der Waals surface area (Å²) in [5.74, 6) is 1.19. The Morgan fingerprint density at radius 3 is 2.81 bits per heavy atom. The van der Waals surface area contributed by atoms with Gasteiger partial charge in [0.1, 0.15) is 0 Å². The van der Waals surface area contributed by atoms with Gasteiger partial charge in [0, 0.05) is 44.1 Å². The second-order valence-electron chi connectivity index (χ2n) is 6.67. The summed E-state index contributed by atoms with van der Waals surface area (Å²) in [4.78, 5) is 18.2. The lowest BCUT2D eigenvalue weighted by Crippen LogP contribution is -2.48. The van der Waals surface area contributed by atoms with E-state index in [1.54, 1.807) is 11.3 Å². The van der Waals surface area contributed by atoms with E-state index >= 15 is 0 Å². The Bertz CT molecular complexity index is 680. The lowest BCUT2D eigenvalue weighted by molar-refractivity contribution is -0.130. The third-order valence-corrected chi connectivity index (χ3v) is 6.93. The van der Waals surface area contributed by atoms with Gasteiger partial charge in [-0.15, -0.1) is 21.5 Å². The van der Waals surface area contributed by atoms with Crippen LogP contribution in [0, 0.1) is 5.92 Å². The SMILES string of the molecule is CC(C)CNc1nnc(SCC(=O)N2CCN(Cc3cccs3)CC2)s1. The molecule has 0 saturated carbocycles.